The van der Waals surface area contributed by atoms with Crippen LogP contribution in [0.1, 0.15) is 5.56 Å². The molecular formula is C20H17N4O2S2+. The molecular weight excluding hydrogens is 392 g/mol. The Labute approximate surface area is 169 Å². The highest BCUT2D eigenvalue weighted by atomic mass is 32.2. The first-order chi connectivity index (χ1) is 13.7. The first-order valence-corrected chi connectivity index (χ1v) is 10.5. The Hall–Kier alpha value is -2.97. The van der Waals surface area contributed by atoms with Gasteiger partial charge in [0.05, 0.1) is 13.3 Å². The van der Waals surface area contributed by atoms with Crippen LogP contribution in [0.2, 0.25) is 0 Å². The van der Waals surface area contributed by atoms with E-state index >= 15 is 0 Å². The second-order valence-electron chi connectivity index (χ2n) is 5.81. The van der Waals surface area contributed by atoms with Gasteiger partial charge in [-0.2, -0.15) is 14.3 Å². The summed E-state index contributed by atoms with van der Waals surface area (Å²) in [5, 5.41) is 4.29. The summed E-state index contributed by atoms with van der Waals surface area (Å²) in [5.74, 6) is 0.769. The standard InChI is InChI=1S/C20H17N4O2S2/c1-26-16-10-8-14(9-11-16)12-22-23-13-21-18-17(19(23)25)28-20(27-2)24(18)15-6-4-3-5-7-15/h3-13H,1-2H3/q+1/b22-12+. The molecule has 0 aliphatic rings. The smallest absolute Gasteiger partial charge is 0.354 e. The van der Waals surface area contributed by atoms with Crippen LogP contribution in [0.5, 0.6) is 5.75 Å². The number of thiazole rings is 1. The molecule has 0 spiro atoms. The molecule has 0 atom stereocenters. The van der Waals surface area contributed by atoms with Gasteiger partial charge >= 0.3 is 5.65 Å². The second kappa shape index (κ2) is 7.95. The van der Waals surface area contributed by atoms with Crippen molar-refractivity contribution in [3.8, 4) is 11.4 Å². The van der Waals surface area contributed by atoms with Crippen molar-refractivity contribution in [2.45, 2.75) is 4.34 Å². The zero-order valence-corrected chi connectivity index (χ0v) is 16.9. The molecule has 0 saturated heterocycles. The Morgan fingerprint density at radius 3 is 2.61 bits per heavy atom. The molecule has 0 unspecified atom stereocenters. The summed E-state index contributed by atoms with van der Waals surface area (Å²) in [6.45, 7) is 0. The predicted octanol–water partition coefficient (Wildman–Crippen LogP) is 3.35. The zero-order chi connectivity index (χ0) is 19.5. The summed E-state index contributed by atoms with van der Waals surface area (Å²) in [7, 11) is 1.62. The van der Waals surface area contributed by atoms with Crippen molar-refractivity contribution in [3.63, 3.8) is 0 Å². The fourth-order valence-corrected chi connectivity index (χ4v) is 4.56. The minimum absolute atomic E-state index is 0.190. The maximum absolute atomic E-state index is 12.9. The van der Waals surface area contributed by atoms with Gasteiger partial charge in [-0.3, -0.25) is 4.79 Å². The Kier molecular flexibility index (Phi) is 5.23. The third-order valence-electron chi connectivity index (χ3n) is 4.11. The summed E-state index contributed by atoms with van der Waals surface area (Å²) < 4.78 is 9.98. The summed E-state index contributed by atoms with van der Waals surface area (Å²) in [4.78, 5) is 17.5. The number of hydrogen-bond donors (Lipinski definition) is 0. The Morgan fingerprint density at radius 1 is 1.18 bits per heavy atom. The van der Waals surface area contributed by atoms with E-state index in [0.29, 0.717) is 10.3 Å². The Bertz CT molecular complexity index is 1200. The lowest BCUT2D eigenvalue weighted by atomic mass is 10.2. The van der Waals surface area contributed by atoms with Crippen LogP contribution in [0.15, 0.2) is 75.2 Å². The molecule has 0 radical (unpaired) electrons. The number of hydrogen-bond acceptors (Lipinski definition) is 6. The second-order valence-corrected chi connectivity index (χ2v) is 7.86. The number of benzene rings is 2. The molecule has 0 fully saturated rings. The number of thioether (sulfide) groups is 1. The molecule has 0 amide bonds. The Balaban J connectivity index is 1.77. The first kappa shape index (κ1) is 18.4. The molecule has 8 heteroatoms. The van der Waals surface area contributed by atoms with E-state index in [2.05, 4.69) is 10.1 Å². The Morgan fingerprint density at radius 2 is 1.93 bits per heavy atom. The van der Waals surface area contributed by atoms with E-state index in [0.717, 1.165) is 21.3 Å². The maximum Gasteiger partial charge on any atom is 0.354 e. The number of nitrogens with zero attached hydrogens (tertiary/aromatic N) is 4. The SMILES string of the molecule is COc1ccc(/C=N/n2cnc3c(sc(SC)[n+]3-c3ccccc3)c2=O)cc1. The van der Waals surface area contributed by atoms with E-state index in [-0.39, 0.29) is 5.56 Å². The molecule has 140 valence electrons. The summed E-state index contributed by atoms with van der Waals surface area (Å²) >= 11 is 3.01. The molecule has 0 aliphatic carbocycles. The van der Waals surface area contributed by atoms with Gasteiger partial charge < -0.3 is 4.74 Å². The quantitative estimate of drug-likeness (QED) is 0.288. The third-order valence-corrected chi connectivity index (χ3v) is 6.31. The average molecular weight is 410 g/mol. The van der Waals surface area contributed by atoms with E-state index in [1.165, 1.54) is 22.3 Å². The van der Waals surface area contributed by atoms with Crippen LogP contribution < -0.4 is 14.9 Å². The van der Waals surface area contributed by atoms with E-state index in [1.54, 1.807) is 25.1 Å². The van der Waals surface area contributed by atoms with Crippen molar-refractivity contribution < 1.29 is 9.30 Å². The zero-order valence-electron chi connectivity index (χ0n) is 15.3. The van der Waals surface area contributed by atoms with Gasteiger partial charge in [-0.15, -0.1) is 0 Å². The minimum atomic E-state index is -0.190. The lowest BCUT2D eigenvalue weighted by Gasteiger charge is -1.99. The monoisotopic (exact) mass is 409 g/mol. The highest BCUT2D eigenvalue weighted by molar-refractivity contribution is 8.00. The number of fused-ring (bicyclic) bond motifs is 1. The van der Waals surface area contributed by atoms with Crippen LogP contribution in [-0.4, -0.2) is 29.2 Å². The molecule has 0 bridgehead atoms. The van der Waals surface area contributed by atoms with Crippen molar-refractivity contribution in [1.29, 1.82) is 0 Å². The third kappa shape index (κ3) is 3.44. The fraction of sp³-hybridized carbons (Fsp3) is 0.100. The lowest BCUT2D eigenvalue weighted by Crippen LogP contribution is -2.33. The van der Waals surface area contributed by atoms with Crippen molar-refractivity contribution in [1.82, 2.24) is 9.66 Å². The van der Waals surface area contributed by atoms with Gasteiger partial charge in [0.2, 0.25) is 10.7 Å². The van der Waals surface area contributed by atoms with Crippen LogP contribution >= 0.6 is 23.1 Å². The van der Waals surface area contributed by atoms with E-state index < -0.39 is 0 Å². The number of ether oxygens (including phenoxy) is 1. The highest BCUT2D eigenvalue weighted by Crippen LogP contribution is 2.25. The average Bonchev–Trinajstić information content (AvgIpc) is 3.14. The van der Waals surface area contributed by atoms with Crippen LogP contribution in [0.4, 0.5) is 0 Å². The molecule has 0 saturated carbocycles. The lowest BCUT2D eigenvalue weighted by molar-refractivity contribution is -0.603. The van der Waals surface area contributed by atoms with Crippen LogP contribution in [0.25, 0.3) is 16.0 Å². The van der Waals surface area contributed by atoms with Crippen molar-refractivity contribution in [2.24, 2.45) is 5.10 Å². The molecule has 0 N–H and O–H groups in total. The van der Waals surface area contributed by atoms with Gasteiger partial charge in [-0.1, -0.05) is 41.3 Å². The van der Waals surface area contributed by atoms with E-state index in [1.807, 2.05) is 65.4 Å². The van der Waals surface area contributed by atoms with Crippen LogP contribution in [0.3, 0.4) is 0 Å². The van der Waals surface area contributed by atoms with Crippen LogP contribution in [-0.2, 0) is 0 Å². The van der Waals surface area contributed by atoms with Gasteiger partial charge in [0.15, 0.2) is 4.70 Å². The molecule has 0 aliphatic heterocycles. The summed E-state index contributed by atoms with van der Waals surface area (Å²) in [5.41, 5.74) is 2.29. The van der Waals surface area contributed by atoms with Crippen LogP contribution in [0, 0.1) is 0 Å². The molecule has 28 heavy (non-hydrogen) atoms. The largest absolute Gasteiger partial charge is 0.497 e. The number of rotatable bonds is 5. The predicted molar refractivity (Wildman–Crippen MR) is 113 cm³/mol. The van der Waals surface area contributed by atoms with Gasteiger partial charge in [0, 0.05) is 0 Å². The molecule has 2 aromatic heterocycles. The number of aromatic nitrogens is 3. The molecule has 4 rings (SSSR count). The molecule has 2 heterocycles. The molecule has 4 aromatic rings. The number of methoxy groups -OCH3 is 1. The molecule has 2 aromatic carbocycles. The highest BCUT2D eigenvalue weighted by Gasteiger charge is 2.24. The summed E-state index contributed by atoms with van der Waals surface area (Å²) in [6.07, 6.45) is 5.08. The van der Waals surface area contributed by atoms with Gasteiger partial charge in [-0.25, -0.2) is 0 Å². The van der Waals surface area contributed by atoms with Gasteiger partial charge in [0.25, 0.3) is 5.56 Å². The first-order valence-electron chi connectivity index (χ1n) is 8.45. The fourth-order valence-electron chi connectivity index (χ4n) is 2.73. The summed E-state index contributed by atoms with van der Waals surface area (Å²) in [6, 6.07) is 17.3. The number of para-hydroxylation sites is 1. The minimum Gasteiger partial charge on any atom is -0.497 e. The van der Waals surface area contributed by atoms with Crippen molar-refractivity contribution in [3.05, 3.63) is 76.8 Å². The van der Waals surface area contributed by atoms with Gasteiger partial charge in [0.1, 0.15) is 11.4 Å². The van der Waals surface area contributed by atoms with E-state index in [9.17, 15) is 4.79 Å². The van der Waals surface area contributed by atoms with E-state index in [4.69, 9.17) is 4.74 Å². The van der Waals surface area contributed by atoms with Crippen molar-refractivity contribution in [2.75, 3.05) is 13.4 Å². The van der Waals surface area contributed by atoms with Gasteiger partial charge in [-0.05, 0) is 53.2 Å². The maximum atomic E-state index is 12.9. The normalized spacial score (nSPS) is 11.4. The topological polar surface area (TPSA) is 60.4 Å². The van der Waals surface area contributed by atoms with Crippen molar-refractivity contribution >= 4 is 39.7 Å². The molecule has 6 nitrogen and oxygen atoms in total.